The number of nitrogens with two attached hydrogens (primary N) is 1. The first kappa shape index (κ1) is 41.6. The van der Waals surface area contributed by atoms with Gasteiger partial charge >= 0.3 is 11.9 Å². The summed E-state index contributed by atoms with van der Waals surface area (Å²) >= 11 is 0. The molecule has 0 radical (unpaired) electrons. The molecule has 5 saturated heterocycles. The van der Waals surface area contributed by atoms with Crippen LogP contribution in [-0.2, 0) is 32.7 Å². The Hall–Kier alpha value is -3.80. The van der Waals surface area contributed by atoms with E-state index < -0.39 is 16.4 Å². The molecule has 0 amide bonds. The Bertz CT molecular complexity index is 2840. The van der Waals surface area contributed by atoms with E-state index in [1.165, 1.54) is 88.2 Å². The molecule has 7 heterocycles. The highest BCUT2D eigenvalue weighted by Crippen LogP contribution is 2.89. The zero-order valence-electron chi connectivity index (χ0n) is 41.7. The molecule has 366 valence electrons. The smallest absolute Gasteiger partial charge is 0.339 e. The third kappa shape index (κ3) is 4.44. The summed E-state index contributed by atoms with van der Waals surface area (Å²) in [5, 5.41) is 14.5. The van der Waals surface area contributed by atoms with Crippen LogP contribution in [0.3, 0.4) is 0 Å². The normalized spacial score (nSPS) is 50.8. The standard InChI is InChI=1S/C62H73N3O5/c1-32-10-11-36-28-43-33(2)26-37-14-15-44-38-27-39-30-64(44)52(37)47(43)42-17-21-60-55-53(66)48-40(41-16-20-59(54(48)65(29-38)51(39)41)23-22-58(31-59)18-3-4-19-58)9-5-7-35-13-12-34(8-6-24-63)46-50(35)62(60,70-56(46)67)45(25-32)61(60,49(36)42)57(68)69-55/h10-13,32-33,36,38-41,43-45,47-48,51,54,66H,3-4,6-8,14-31,63H2,1-2H3/b11-10-,55-53+/t32-,33+,36+,38+,39+,40+,41-,43-,44-,45+,47+,48+,51+,54-,59-,60-,61-,62+/m1/s1. The van der Waals surface area contributed by atoms with E-state index in [4.69, 9.17) is 15.2 Å². The zero-order chi connectivity index (χ0) is 46.6. The number of allylic oxidation sites excluding steroid dienone is 4. The van der Waals surface area contributed by atoms with Gasteiger partial charge in [-0.2, -0.15) is 0 Å². The first-order chi connectivity index (χ1) is 34.1. The van der Waals surface area contributed by atoms with E-state index in [9.17, 15) is 5.11 Å². The molecule has 1 aromatic carbocycles. The lowest BCUT2D eigenvalue weighted by Gasteiger charge is -2.73. The molecule has 0 unspecified atom stereocenters. The summed E-state index contributed by atoms with van der Waals surface area (Å²) in [6.07, 6.45) is 26.6. The molecule has 17 rings (SSSR count). The lowest BCUT2D eigenvalue weighted by atomic mass is 9.27. The van der Waals surface area contributed by atoms with Gasteiger partial charge in [0.15, 0.2) is 11.4 Å². The second kappa shape index (κ2) is 13.5. The van der Waals surface area contributed by atoms with Gasteiger partial charge < -0.3 is 25.2 Å². The molecule has 0 aromatic heterocycles. The number of fused-ring (bicyclic) bond motifs is 9. The Labute approximate surface area is 414 Å². The van der Waals surface area contributed by atoms with Gasteiger partial charge in [-0.15, -0.1) is 0 Å². The van der Waals surface area contributed by atoms with E-state index in [1.807, 2.05) is 0 Å². The Morgan fingerprint density at radius 1 is 0.943 bits per heavy atom. The van der Waals surface area contributed by atoms with Gasteiger partial charge in [0.05, 0.1) is 11.0 Å². The minimum Gasteiger partial charge on any atom is -0.508 e. The van der Waals surface area contributed by atoms with Crippen molar-refractivity contribution in [2.24, 2.45) is 92.5 Å². The number of aryl methyl sites for hydroxylation is 1. The fourth-order valence-electron chi connectivity index (χ4n) is 23.4. The number of carbonyl (C=O) groups is 2. The van der Waals surface area contributed by atoms with Crippen LogP contribution in [0.2, 0.25) is 0 Å². The number of hydrogen-bond acceptors (Lipinski definition) is 8. The monoisotopic (exact) mass is 940 g/mol. The minimum absolute atomic E-state index is 0.0530. The van der Waals surface area contributed by atoms with Crippen LogP contribution in [0.4, 0.5) is 0 Å². The number of benzene rings is 1. The molecular weight excluding hydrogens is 867 g/mol. The van der Waals surface area contributed by atoms with E-state index >= 15 is 9.59 Å². The molecule has 4 bridgehead atoms. The van der Waals surface area contributed by atoms with Crippen molar-refractivity contribution in [3.8, 4) is 11.8 Å². The Kier molecular flexibility index (Phi) is 8.02. The van der Waals surface area contributed by atoms with Crippen molar-refractivity contribution >= 4 is 11.9 Å². The van der Waals surface area contributed by atoms with E-state index in [1.54, 1.807) is 11.3 Å². The lowest BCUT2D eigenvalue weighted by molar-refractivity contribution is -0.282. The molecule has 9 aliphatic carbocycles. The molecule has 8 nitrogen and oxygen atoms in total. The van der Waals surface area contributed by atoms with Gasteiger partial charge in [-0.05, 0) is 185 Å². The quantitative estimate of drug-likeness (QED) is 0.175. The average Bonchev–Trinajstić information content (AvgIpc) is 4.09. The summed E-state index contributed by atoms with van der Waals surface area (Å²) in [7, 11) is 0. The highest BCUT2D eigenvalue weighted by Gasteiger charge is 2.94. The van der Waals surface area contributed by atoms with Crippen molar-refractivity contribution in [2.75, 3.05) is 19.6 Å². The number of nitrogens with zero attached hydrogens (tertiary/aromatic N) is 2. The van der Waals surface area contributed by atoms with Gasteiger partial charge in [0.25, 0.3) is 0 Å². The van der Waals surface area contributed by atoms with Gasteiger partial charge in [-0.3, -0.25) is 9.69 Å². The number of ether oxygens (including phenoxy) is 2. The second-order valence-electron chi connectivity index (χ2n) is 27.4. The topological polar surface area (TPSA) is 105 Å². The fourth-order valence-corrected chi connectivity index (χ4v) is 23.4. The number of aliphatic hydroxyl groups excluding tert-OH is 1. The van der Waals surface area contributed by atoms with Crippen LogP contribution >= 0.6 is 0 Å². The van der Waals surface area contributed by atoms with Crippen LogP contribution in [0.15, 0.2) is 58.2 Å². The predicted molar refractivity (Wildman–Crippen MR) is 264 cm³/mol. The van der Waals surface area contributed by atoms with Crippen LogP contribution in [0.1, 0.15) is 156 Å². The summed E-state index contributed by atoms with van der Waals surface area (Å²) in [6, 6.07) is 5.50. The highest BCUT2D eigenvalue weighted by atomic mass is 16.6. The molecule has 9 fully saturated rings. The number of rotatable bonds is 3. The maximum Gasteiger partial charge on any atom is 0.339 e. The van der Waals surface area contributed by atoms with Gasteiger partial charge in [0.1, 0.15) is 11.2 Å². The zero-order valence-corrected chi connectivity index (χ0v) is 41.7. The van der Waals surface area contributed by atoms with Crippen molar-refractivity contribution in [1.82, 2.24) is 9.80 Å². The Morgan fingerprint density at radius 3 is 2.70 bits per heavy atom. The molecule has 5 spiro atoms. The van der Waals surface area contributed by atoms with Crippen LogP contribution in [0.25, 0.3) is 0 Å². The molecule has 70 heavy (non-hydrogen) atoms. The van der Waals surface area contributed by atoms with Crippen LogP contribution in [0.5, 0.6) is 0 Å². The summed E-state index contributed by atoms with van der Waals surface area (Å²) in [5.74, 6) is 10.8. The lowest BCUT2D eigenvalue weighted by Crippen LogP contribution is -2.78. The van der Waals surface area contributed by atoms with Gasteiger partial charge in [-0.1, -0.05) is 74.0 Å². The predicted octanol–water partition coefficient (Wildman–Crippen LogP) is 10.2. The van der Waals surface area contributed by atoms with Gasteiger partial charge in [0.2, 0.25) is 0 Å². The number of esters is 2. The third-order valence-electron chi connectivity index (χ3n) is 25.1. The average molecular weight is 940 g/mol. The van der Waals surface area contributed by atoms with Crippen molar-refractivity contribution in [3.63, 3.8) is 0 Å². The fraction of sp³-hybridized carbons (Fsp3) is 0.710. The largest absolute Gasteiger partial charge is 0.508 e. The highest BCUT2D eigenvalue weighted by molar-refractivity contribution is 6.01. The van der Waals surface area contributed by atoms with E-state index in [-0.39, 0.29) is 58.9 Å². The van der Waals surface area contributed by atoms with Crippen LogP contribution in [0, 0.1) is 98.6 Å². The van der Waals surface area contributed by atoms with Crippen molar-refractivity contribution in [2.45, 2.75) is 166 Å². The minimum atomic E-state index is -1.19. The number of carbonyl (C=O) groups excluding carboxylic acids is 2. The summed E-state index contributed by atoms with van der Waals surface area (Å²) in [4.78, 5) is 38.2. The second-order valence-corrected chi connectivity index (χ2v) is 27.4. The SMILES string of the molecule is C[C@@H]1/C=C\[C@H]2C[C@H]3[C@@H]4C5=C2[C@@]26C(=O)O/C7=C(/O)[C@@H]8[C@@H](C#CCc9ccc(CCCN)c%10c9[C@@](OC%10=O)([C@H]2C1)[C@]76CC5)[C@H]1CC[C@]2(CCC5(CCCC5)C2)[C@@H]8N2C[C@@H]5C[C@@H](CN6C4=C(CC[C@H]56)C[C@@H]3C)[C@@H]12. The molecule has 16 aliphatic rings. The summed E-state index contributed by atoms with van der Waals surface area (Å²) in [5.41, 5.74) is 13.3. The maximum absolute atomic E-state index is 16.6. The van der Waals surface area contributed by atoms with Crippen molar-refractivity contribution in [1.29, 1.82) is 0 Å². The Morgan fingerprint density at radius 2 is 1.83 bits per heavy atom. The first-order valence-electron chi connectivity index (χ1n) is 29.0. The first-order valence-corrected chi connectivity index (χ1v) is 29.0. The Balaban J connectivity index is 1.02. The maximum atomic E-state index is 16.6. The van der Waals surface area contributed by atoms with E-state index in [2.05, 4.69) is 59.8 Å². The number of hydrogen-bond donors (Lipinski definition) is 2. The number of aliphatic hydroxyl groups is 1. The molecule has 3 N–H and O–H groups in total. The van der Waals surface area contributed by atoms with Crippen molar-refractivity contribution < 1.29 is 24.2 Å². The van der Waals surface area contributed by atoms with Gasteiger partial charge in [-0.25, -0.2) is 4.79 Å². The van der Waals surface area contributed by atoms with Crippen LogP contribution < -0.4 is 5.73 Å². The van der Waals surface area contributed by atoms with E-state index in [0.29, 0.717) is 96.4 Å². The molecule has 18 atom stereocenters. The van der Waals surface area contributed by atoms with Crippen LogP contribution in [-0.4, -0.2) is 64.6 Å². The molecule has 4 saturated carbocycles. The molecule has 1 aromatic rings. The summed E-state index contributed by atoms with van der Waals surface area (Å²) in [6.45, 7) is 7.65. The van der Waals surface area contributed by atoms with Gasteiger partial charge in [0, 0.05) is 72.6 Å². The molecule has 7 aliphatic heterocycles. The third-order valence-corrected chi connectivity index (χ3v) is 25.1. The number of piperidine rings is 3. The van der Waals surface area contributed by atoms with E-state index in [0.717, 1.165) is 55.5 Å². The summed E-state index contributed by atoms with van der Waals surface area (Å²) < 4.78 is 14.9. The van der Waals surface area contributed by atoms with Crippen molar-refractivity contribution in [3.05, 3.63) is 80.5 Å². The molecule has 8 heteroatoms. The molecular formula is C62H73N3O5.